The summed E-state index contributed by atoms with van der Waals surface area (Å²) in [6.45, 7) is 6.61. The molecule has 1 atom stereocenters. The lowest BCUT2D eigenvalue weighted by Crippen LogP contribution is -2.33. The molecular formula is C30H34N6O2. The van der Waals surface area contributed by atoms with Crippen LogP contribution >= 0.6 is 0 Å². The van der Waals surface area contributed by atoms with Gasteiger partial charge in [-0.05, 0) is 69.7 Å². The Bertz CT molecular complexity index is 1450. The van der Waals surface area contributed by atoms with Crippen molar-refractivity contribution in [3.63, 3.8) is 0 Å². The predicted octanol–water partition coefficient (Wildman–Crippen LogP) is 4.52. The zero-order valence-corrected chi connectivity index (χ0v) is 22.3. The highest BCUT2D eigenvalue weighted by Gasteiger charge is 2.43. The topological polar surface area (TPSA) is 103 Å². The number of nitrogens with zero attached hydrogens (tertiary/aromatic N) is 4. The van der Waals surface area contributed by atoms with Crippen LogP contribution in [0.1, 0.15) is 83.9 Å². The van der Waals surface area contributed by atoms with E-state index in [9.17, 15) is 10.1 Å². The summed E-state index contributed by atoms with van der Waals surface area (Å²) in [5, 5.41) is 17.3. The van der Waals surface area contributed by atoms with Crippen molar-refractivity contribution in [3.05, 3.63) is 58.5 Å². The van der Waals surface area contributed by atoms with Crippen molar-refractivity contribution in [1.82, 2.24) is 20.6 Å². The Balaban J connectivity index is 1.39. The van der Waals surface area contributed by atoms with Crippen molar-refractivity contribution in [3.8, 4) is 11.8 Å². The molecule has 1 aromatic carbocycles. The highest BCUT2D eigenvalue weighted by Crippen LogP contribution is 2.44. The quantitative estimate of drug-likeness (QED) is 0.503. The minimum atomic E-state index is -0.283. The van der Waals surface area contributed by atoms with E-state index < -0.39 is 0 Å². The Morgan fingerprint density at radius 3 is 2.79 bits per heavy atom. The van der Waals surface area contributed by atoms with E-state index in [1.807, 2.05) is 26.0 Å². The summed E-state index contributed by atoms with van der Waals surface area (Å²) < 4.78 is 5.38. The van der Waals surface area contributed by atoms with Crippen molar-refractivity contribution in [1.29, 1.82) is 5.26 Å². The van der Waals surface area contributed by atoms with Crippen LogP contribution in [0.4, 0.5) is 5.69 Å². The minimum Gasteiger partial charge on any atom is -0.495 e. The molecule has 0 radical (unpaired) electrons. The van der Waals surface area contributed by atoms with Crippen LogP contribution < -0.4 is 20.3 Å². The van der Waals surface area contributed by atoms with Crippen LogP contribution in [0, 0.1) is 18.3 Å². The largest absolute Gasteiger partial charge is 0.495 e. The fourth-order valence-corrected chi connectivity index (χ4v) is 5.72. The zero-order chi connectivity index (χ0) is 26.4. The molecule has 8 nitrogen and oxygen atoms in total. The average molecular weight is 511 g/mol. The Morgan fingerprint density at radius 1 is 1.26 bits per heavy atom. The van der Waals surface area contributed by atoms with Gasteiger partial charge < -0.3 is 20.3 Å². The first-order chi connectivity index (χ1) is 18.4. The molecule has 1 saturated heterocycles. The van der Waals surface area contributed by atoms with Gasteiger partial charge in [-0.15, -0.1) is 0 Å². The third-order valence-corrected chi connectivity index (χ3v) is 8.29. The fourth-order valence-electron chi connectivity index (χ4n) is 5.72. The summed E-state index contributed by atoms with van der Waals surface area (Å²) in [6.07, 6.45) is 7.56. The van der Waals surface area contributed by atoms with Gasteiger partial charge in [-0.3, -0.25) is 14.8 Å². The van der Waals surface area contributed by atoms with Gasteiger partial charge in [0.1, 0.15) is 11.8 Å². The van der Waals surface area contributed by atoms with Gasteiger partial charge in [-0.1, -0.05) is 6.07 Å². The number of amides is 1. The zero-order valence-electron chi connectivity index (χ0n) is 22.3. The third kappa shape index (κ3) is 4.56. The second kappa shape index (κ2) is 9.55. The van der Waals surface area contributed by atoms with Gasteiger partial charge in [0, 0.05) is 48.4 Å². The number of hydrogen-bond donors (Lipinski definition) is 2. The summed E-state index contributed by atoms with van der Waals surface area (Å²) in [6, 6.07) is 9.36. The highest BCUT2D eigenvalue weighted by atomic mass is 16.5. The number of pyridine rings is 2. The Hall–Kier alpha value is -3.70. The second-order valence-corrected chi connectivity index (χ2v) is 11.1. The van der Waals surface area contributed by atoms with E-state index >= 15 is 0 Å². The molecule has 3 aliphatic rings. The molecule has 3 fully saturated rings. The molecule has 1 aliphatic heterocycles. The van der Waals surface area contributed by atoms with Crippen LogP contribution in [0.15, 0.2) is 30.5 Å². The molecule has 0 bridgehead atoms. The van der Waals surface area contributed by atoms with E-state index in [0.29, 0.717) is 22.8 Å². The first kappa shape index (κ1) is 24.6. The second-order valence-electron chi connectivity index (χ2n) is 11.1. The van der Waals surface area contributed by atoms with Crippen molar-refractivity contribution >= 4 is 22.5 Å². The molecule has 2 aromatic heterocycles. The molecule has 2 saturated carbocycles. The summed E-state index contributed by atoms with van der Waals surface area (Å²) in [5.74, 6) is 0.802. The molecule has 3 heterocycles. The van der Waals surface area contributed by atoms with E-state index in [1.54, 1.807) is 19.4 Å². The molecule has 2 N–H and O–H groups in total. The number of methoxy groups -OCH3 is 1. The van der Waals surface area contributed by atoms with Crippen molar-refractivity contribution in [2.75, 3.05) is 31.6 Å². The summed E-state index contributed by atoms with van der Waals surface area (Å²) in [5.41, 5.74) is 6.12. The molecule has 0 unspecified atom stereocenters. The van der Waals surface area contributed by atoms with Gasteiger partial charge in [-0.25, -0.2) is 0 Å². The number of hydrogen-bond acceptors (Lipinski definition) is 7. The molecule has 1 amide bonds. The van der Waals surface area contributed by atoms with E-state index in [0.717, 1.165) is 72.4 Å². The third-order valence-electron chi connectivity index (χ3n) is 8.29. The summed E-state index contributed by atoms with van der Waals surface area (Å²) >= 11 is 0. The molecular weight excluding hydrogens is 476 g/mol. The first-order valence-electron chi connectivity index (χ1n) is 13.6. The molecule has 3 aromatic rings. The number of aryl methyl sites for hydroxylation is 1. The number of carbonyl (C=O) groups is 1. The van der Waals surface area contributed by atoms with Crippen LogP contribution in [0.2, 0.25) is 0 Å². The van der Waals surface area contributed by atoms with Crippen molar-refractivity contribution in [2.45, 2.75) is 63.5 Å². The predicted molar refractivity (Wildman–Crippen MR) is 147 cm³/mol. The lowest BCUT2D eigenvalue weighted by atomic mass is 10.0. The fraction of sp³-hybridized carbons (Fsp3) is 0.467. The van der Waals surface area contributed by atoms with Gasteiger partial charge in [0.05, 0.1) is 41.2 Å². The van der Waals surface area contributed by atoms with Gasteiger partial charge in [-0.2, -0.15) is 5.26 Å². The smallest absolute Gasteiger partial charge is 0.255 e. The van der Waals surface area contributed by atoms with Crippen LogP contribution in [-0.4, -0.2) is 48.2 Å². The molecule has 6 rings (SSSR count). The monoisotopic (exact) mass is 510 g/mol. The minimum absolute atomic E-state index is 0.161. The number of nitrogens with one attached hydrogen (secondary N) is 2. The van der Waals surface area contributed by atoms with Crippen LogP contribution in [0.3, 0.4) is 0 Å². The number of rotatable bonds is 6. The van der Waals surface area contributed by atoms with E-state index in [2.05, 4.69) is 27.7 Å². The number of aromatic nitrogens is 2. The number of benzene rings is 1. The van der Waals surface area contributed by atoms with E-state index in [-0.39, 0.29) is 17.5 Å². The molecule has 2 aliphatic carbocycles. The lowest BCUT2D eigenvalue weighted by molar-refractivity contribution is 0.0940. The van der Waals surface area contributed by atoms with Crippen LogP contribution in [0.5, 0.6) is 5.75 Å². The first-order valence-corrected chi connectivity index (χ1v) is 13.6. The maximum Gasteiger partial charge on any atom is 0.255 e. The van der Waals surface area contributed by atoms with E-state index in [1.165, 1.54) is 12.8 Å². The molecule has 1 spiro atoms. The number of carbonyl (C=O) groups excluding carboxylic acids is 1. The number of anilines is 1. The maximum absolute atomic E-state index is 13.9. The molecule has 196 valence electrons. The Kier molecular flexibility index (Phi) is 6.19. The lowest BCUT2D eigenvalue weighted by Gasteiger charge is -2.27. The average Bonchev–Trinajstić information content (AvgIpc) is 3.84. The van der Waals surface area contributed by atoms with Gasteiger partial charge in [0.15, 0.2) is 0 Å². The van der Waals surface area contributed by atoms with Crippen molar-refractivity contribution < 1.29 is 9.53 Å². The number of ether oxygens (including phenoxy) is 1. The molecule has 8 heteroatoms. The number of fused-ring (bicyclic) bond motifs is 1. The SMILES string of the molecule is COc1cc([C@H](C)NC(=O)c2cnc3c(C4CC4)nc(C)cc3c2N2CCNC3(CC2)CC3)ccc1C#N. The van der Waals surface area contributed by atoms with Crippen LogP contribution in [-0.2, 0) is 0 Å². The summed E-state index contributed by atoms with van der Waals surface area (Å²) in [4.78, 5) is 25.9. The Morgan fingerprint density at radius 2 is 2.08 bits per heavy atom. The summed E-state index contributed by atoms with van der Waals surface area (Å²) in [7, 11) is 1.55. The maximum atomic E-state index is 13.9. The van der Waals surface area contributed by atoms with Crippen molar-refractivity contribution in [2.24, 2.45) is 0 Å². The van der Waals surface area contributed by atoms with Gasteiger partial charge in [0.25, 0.3) is 5.91 Å². The van der Waals surface area contributed by atoms with Gasteiger partial charge >= 0.3 is 0 Å². The van der Waals surface area contributed by atoms with Gasteiger partial charge in [0.2, 0.25) is 0 Å². The van der Waals surface area contributed by atoms with E-state index in [4.69, 9.17) is 14.7 Å². The van der Waals surface area contributed by atoms with Crippen LogP contribution in [0.25, 0.3) is 10.9 Å². The highest BCUT2D eigenvalue weighted by molar-refractivity contribution is 6.08. The number of nitriles is 1. The normalized spacial score (nSPS) is 19.1. The Labute approximate surface area is 223 Å². The standard InChI is InChI=1S/C30H34N6O2/c1-18-14-23-27(26(34-18)20-4-5-20)32-17-24(28(23)36-12-10-30(8-9-30)33-11-13-36)29(37)35-19(2)21-6-7-22(16-31)25(15-21)38-3/h6-7,14-15,17,19-20,33H,4-5,8-13H2,1-3H3,(H,35,37)/t19-/m0/s1. The molecule has 38 heavy (non-hydrogen) atoms.